The molecule has 0 fully saturated rings. The first-order chi connectivity index (χ1) is 14.7. The summed E-state index contributed by atoms with van der Waals surface area (Å²) >= 11 is 3.57. The molecule has 4 nitrogen and oxygen atoms in total. The van der Waals surface area contributed by atoms with E-state index in [1.54, 1.807) is 0 Å². The van der Waals surface area contributed by atoms with Crippen molar-refractivity contribution in [3.63, 3.8) is 0 Å². The second-order valence-electron chi connectivity index (χ2n) is 7.22. The highest BCUT2D eigenvalue weighted by molar-refractivity contribution is 9.10. The number of nitrogens with one attached hydrogen (secondary N) is 1. The first kappa shape index (κ1) is 22.2. The smallest absolute Gasteiger partial charge is 0.262 e. The van der Waals surface area contributed by atoms with Crippen LogP contribution in [0.25, 0.3) is 10.8 Å². The van der Waals surface area contributed by atoms with E-state index in [9.17, 15) is 4.79 Å². The molecule has 3 aromatic carbocycles. The van der Waals surface area contributed by atoms with E-state index in [2.05, 4.69) is 28.2 Å². The number of anilines is 1. The van der Waals surface area contributed by atoms with Crippen molar-refractivity contribution in [2.75, 3.05) is 18.5 Å². The van der Waals surface area contributed by atoms with Gasteiger partial charge in [-0.2, -0.15) is 0 Å². The Morgan fingerprint density at radius 3 is 2.47 bits per heavy atom. The lowest BCUT2D eigenvalue weighted by Gasteiger charge is -2.11. The first-order valence-electron chi connectivity index (χ1n) is 10.5. The normalized spacial score (nSPS) is 10.7. The van der Waals surface area contributed by atoms with Crippen molar-refractivity contribution < 1.29 is 14.3 Å². The molecule has 0 saturated heterocycles. The van der Waals surface area contributed by atoms with Gasteiger partial charge in [-0.15, -0.1) is 0 Å². The van der Waals surface area contributed by atoms with E-state index in [0.717, 1.165) is 39.7 Å². The third kappa shape index (κ3) is 6.49. The maximum atomic E-state index is 12.3. The molecule has 0 aliphatic carbocycles. The maximum Gasteiger partial charge on any atom is 0.262 e. The molecule has 1 amide bonds. The van der Waals surface area contributed by atoms with Gasteiger partial charge in [0.2, 0.25) is 0 Å². The van der Waals surface area contributed by atoms with Crippen LogP contribution in [0.15, 0.2) is 65.1 Å². The summed E-state index contributed by atoms with van der Waals surface area (Å²) in [6.07, 6.45) is 6.08. The monoisotopic (exact) mass is 469 g/mol. The van der Waals surface area contributed by atoms with Crippen LogP contribution >= 0.6 is 15.9 Å². The molecule has 0 unspecified atom stereocenters. The third-order valence-corrected chi connectivity index (χ3v) is 5.66. The Balaban J connectivity index is 1.44. The quantitative estimate of drug-likeness (QED) is 0.308. The van der Waals surface area contributed by atoms with Gasteiger partial charge in [-0.05, 0) is 63.5 Å². The SMILES string of the molecule is CCCCCCCOc1ccc(NC(=O)COc2ccc3ccccc3c2Br)cc1. The Kier molecular flexibility index (Phi) is 8.57. The molecule has 0 heterocycles. The van der Waals surface area contributed by atoms with Crippen LogP contribution in [0.5, 0.6) is 11.5 Å². The minimum Gasteiger partial charge on any atom is -0.494 e. The number of benzene rings is 3. The molecular formula is C25H28BrNO3. The van der Waals surface area contributed by atoms with Gasteiger partial charge >= 0.3 is 0 Å². The number of amides is 1. The zero-order valence-corrected chi connectivity index (χ0v) is 18.9. The second kappa shape index (κ2) is 11.6. The van der Waals surface area contributed by atoms with Gasteiger partial charge in [0, 0.05) is 5.69 Å². The zero-order valence-electron chi connectivity index (χ0n) is 17.3. The molecule has 0 aromatic heterocycles. The fourth-order valence-electron chi connectivity index (χ4n) is 3.20. The summed E-state index contributed by atoms with van der Waals surface area (Å²) in [6.45, 7) is 2.88. The summed E-state index contributed by atoms with van der Waals surface area (Å²) < 4.78 is 12.3. The molecule has 3 aromatic rings. The van der Waals surface area contributed by atoms with E-state index in [4.69, 9.17) is 9.47 Å². The lowest BCUT2D eigenvalue weighted by molar-refractivity contribution is -0.118. The molecule has 3 rings (SSSR count). The average Bonchev–Trinajstić information content (AvgIpc) is 2.77. The molecule has 0 radical (unpaired) electrons. The van der Waals surface area contributed by atoms with Gasteiger partial charge in [0.25, 0.3) is 5.91 Å². The topological polar surface area (TPSA) is 47.6 Å². The number of rotatable bonds is 11. The second-order valence-corrected chi connectivity index (χ2v) is 8.02. The Labute approximate surface area is 186 Å². The highest BCUT2D eigenvalue weighted by atomic mass is 79.9. The number of halogens is 1. The Bertz CT molecular complexity index is 956. The van der Waals surface area contributed by atoms with Gasteiger partial charge in [0.1, 0.15) is 11.5 Å². The highest BCUT2D eigenvalue weighted by Gasteiger charge is 2.09. The van der Waals surface area contributed by atoms with Crippen LogP contribution in [0.2, 0.25) is 0 Å². The summed E-state index contributed by atoms with van der Waals surface area (Å²) in [7, 11) is 0. The number of ether oxygens (including phenoxy) is 2. The molecule has 0 bridgehead atoms. The molecule has 0 saturated carbocycles. The van der Waals surface area contributed by atoms with Crippen molar-refractivity contribution in [1.29, 1.82) is 0 Å². The number of carbonyl (C=O) groups excluding carboxylic acids is 1. The highest BCUT2D eigenvalue weighted by Crippen LogP contribution is 2.33. The van der Waals surface area contributed by atoms with Gasteiger partial charge in [-0.3, -0.25) is 4.79 Å². The predicted molar refractivity (Wildman–Crippen MR) is 126 cm³/mol. The van der Waals surface area contributed by atoms with Crippen molar-refractivity contribution in [2.45, 2.75) is 39.0 Å². The van der Waals surface area contributed by atoms with E-state index >= 15 is 0 Å². The summed E-state index contributed by atoms with van der Waals surface area (Å²) in [5.74, 6) is 1.26. The third-order valence-electron chi connectivity index (χ3n) is 4.84. The maximum absolute atomic E-state index is 12.3. The molecule has 1 N–H and O–H groups in total. The summed E-state index contributed by atoms with van der Waals surface area (Å²) in [5, 5.41) is 5.02. The van der Waals surface area contributed by atoms with Crippen molar-refractivity contribution >= 4 is 38.3 Å². The Morgan fingerprint density at radius 2 is 1.67 bits per heavy atom. The summed E-state index contributed by atoms with van der Waals surface area (Å²) in [6, 6.07) is 19.3. The lowest BCUT2D eigenvalue weighted by atomic mass is 10.1. The van der Waals surface area contributed by atoms with Gasteiger partial charge in [0.15, 0.2) is 6.61 Å². The van der Waals surface area contributed by atoms with Gasteiger partial charge in [-0.25, -0.2) is 0 Å². The lowest BCUT2D eigenvalue weighted by Crippen LogP contribution is -2.20. The number of fused-ring (bicyclic) bond motifs is 1. The van der Waals surface area contributed by atoms with Crippen molar-refractivity contribution in [3.05, 3.63) is 65.1 Å². The van der Waals surface area contributed by atoms with Gasteiger partial charge < -0.3 is 14.8 Å². The molecule has 0 aliphatic heterocycles. The van der Waals surface area contributed by atoms with Crippen molar-refractivity contribution in [1.82, 2.24) is 0 Å². The Hall–Kier alpha value is -2.53. The predicted octanol–water partition coefficient (Wildman–Crippen LogP) is 6.97. The van der Waals surface area contributed by atoms with Crippen LogP contribution < -0.4 is 14.8 Å². The molecule has 0 spiro atoms. The van der Waals surface area contributed by atoms with Gasteiger partial charge in [-0.1, -0.05) is 62.9 Å². The fraction of sp³-hybridized carbons (Fsp3) is 0.320. The van der Waals surface area contributed by atoms with Crippen LogP contribution in [0.1, 0.15) is 39.0 Å². The van der Waals surface area contributed by atoms with E-state index in [1.165, 1.54) is 25.7 Å². The van der Waals surface area contributed by atoms with Crippen LogP contribution in [0.4, 0.5) is 5.69 Å². The van der Waals surface area contributed by atoms with E-state index < -0.39 is 0 Å². The van der Waals surface area contributed by atoms with Gasteiger partial charge in [0.05, 0.1) is 11.1 Å². The van der Waals surface area contributed by atoms with Crippen molar-refractivity contribution in [3.8, 4) is 11.5 Å². The summed E-state index contributed by atoms with van der Waals surface area (Å²) in [4.78, 5) is 12.3. The molecule has 30 heavy (non-hydrogen) atoms. The summed E-state index contributed by atoms with van der Waals surface area (Å²) in [5.41, 5.74) is 0.719. The number of hydrogen-bond donors (Lipinski definition) is 1. The molecular weight excluding hydrogens is 442 g/mol. The zero-order chi connectivity index (χ0) is 21.2. The van der Waals surface area contributed by atoms with Crippen LogP contribution in [0, 0.1) is 0 Å². The fourth-order valence-corrected chi connectivity index (χ4v) is 3.80. The number of hydrogen-bond acceptors (Lipinski definition) is 3. The van der Waals surface area contributed by atoms with Crippen molar-refractivity contribution in [2.24, 2.45) is 0 Å². The van der Waals surface area contributed by atoms with Crippen LogP contribution in [-0.2, 0) is 4.79 Å². The average molecular weight is 470 g/mol. The molecule has 158 valence electrons. The van der Waals surface area contributed by atoms with Crippen LogP contribution in [0.3, 0.4) is 0 Å². The molecule has 0 atom stereocenters. The standard InChI is InChI=1S/C25H28BrNO3/c1-2-3-4-5-8-17-29-21-14-12-20(13-15-21)27-24(28)18-30-23-16-11-19-9-6-7-10-22(19)25(23)26/h6-7,9-16H,2-5,8,17-18H2,1H3,(H,27,28). The molecule has 5 heteroatoms. The van der Waals surface area contributed by atoms with E-state index in [0.29, 0.717) is 5.75 Å². The number of unbranched alkanes of at least 4 members (excludes halogenated alkanes) is 4. The minimum atomic E-state index is -0.209. The molecule has 0 aliphatic rings. The van der Waals surface area contributed by atoms with Crippen LogP contribution in [-0.4, -0.2) is 19.1 Å². The Morgan fingerprint density at radius 1 is 0.900 bits per heavy atom. The number of carbonyl (C=O) groups is 1. The van der Waals surface area contributed by atoms with E-state index in [1.807, 2.05) is 60.7 Å². The van der Waals surface area contributed by atoms with E-state index in [-0.39, 0.29) is 12.5 Å². The first-order valence-corrected chi connectivity index (χ1v) is 11.3. The minimum absolute atomic E-state index is 0.0625. The largest absolute Gasteiger partial charge is 0.494 e.